The lowest BCUT2D eigenvalue weighted by molar-refractivity contribution is 0.155. The molecule has 2 rings (SSSR count). The van der Waals surface area contributed by atoms with Crippen molar-refractivity contribution >= 4 is 0 Å². The van der Waals surface area contributed by atoms with Gasteiger partial charge in [-0.15, -0.1) is 0 Å². The minimum atomic E-state index is 0.324. The van der Waals surface area contributed by atoms with E-state index in [1.54, 1.807) is 0 Å². The van der Waals surface area contributed by atoms with E-state index in [0.29, 0.717) is 12.0 Å². The Morgan fingerprint density at radius 2 is 2.35 bits per heavy atom. The molecule has 4 nitrogen and oxygen atoms in total. The quantitative estimate of drug-likeness (QED) is 0.856. The Kier molecular flexibility index (Phi) is 4.18. The van der Waals surface area contributed by atoms with E-state index in [1.165, 1.54) is 24.9 Å². The average Bonchev–Trinajstić information content (AvgIpc) is 2.73. The first-order valence-electron chi connectivity index (χ1n) is 6.62. The van der Waals surface area contributed by atoms with Crippen LogP contribution in [-0.2, 0) is 6.54 Å². The zero-order chi connectivity index (χ0) is 12.3. The summed E-state index contributed by atoms with van der Waals surface area (Å²) in [5.41, 5.74) is 7.23. The number of hydrogen-bond donors (Lipinski definition) is 1. The second-order valence-electron chi connectivity index (χ2n) is 5.34. The Hall–Kier alpha value is -0.870. The van der Waals surface area contributed by atoms with Crippen molar-refractivity contribution in [2.75, 3.05) is 19.6 Å². The van der Waals surface area contributed by atoms with Gasteiger partial charge in [-0.05, 0) is 44.7 Å². The summed E-state index contributed by atoms with van der Waals surface area (Å²) in [7, 11) is 0. The molecule has 1 aliphatic heterocycles. The molecule has 0 amide bonds. The molecule has 2 atom stereocenters. The lowest BCUT2D eigenvalue weighted by Crippen LogP contribution is -2.43. The summed E-state index contributed by atoms with van der Waals surface area (Å²) in [5, 5.41) is 4.32. The fraction of sp³-hybridized carbons (Fsp3) is 0.769. The molecule has 1 aromatic heterocycles. The molecule has 96 valence electrons. The monoisotopic (exact) mass is 236 g/mol. The van der Waals surface area contributed by atoms with Crippen molar-refractivity contribution in [3.05, 3.63) is 18.0 Å². The van der Waals surface area contributed by atoms with Gasteiger partial charge in [0.05, 0.1) is 12.7 Å². The first-order valence-corrected chi connectivity index (χ1v) is 6.62. The SMILES string of the molecule is Cc1cnn(CCN2CCCC(C(C)N)C2)c1. The van der Waals surface area contributed by atoms with Gasteiger partial charge in [0.1, 0.15) is 0 Å². The van der Waals surface area contributed by atoms with E-state index in [2.05, 4.69) is 30.0 Å². The predicted octanol–water partition coefficient (Wildman–Crippen LogP) is 1.25. The van der Waals surface area contributed by atoms with Crippen molar-refractivity contribution in [2.45, 2.75) is 39.3 Å². The molecule has 4 heteroatoms. The molecule has 17 heavy (non-hydrogen) atoms. The Bertz CT molecular complexity index is 345. The summed E-state index contributed by atoms with van der Waals surface area (Å²) in [6.45, 7) is 8.65. The largest absolute Gasteiger partial charge is 0.328 e. The molecule has 0 bridgehead atoms. The normalized spacial score (nSPS) is 23.8. The third-order valence-electron chi connectivity index (χ3n) is 3.69. The highest BCUT2D eigenvalue weighted by molar-refractivity contribution is 4.99. The highest BCUT2D eigenvalue weighted by atomic mass is 15.3. The molecule has 0 saturated carbocycles. The topological polar surface area (TPSA) is 47.1 Å². The van der Waals surface area contributed by atoms with Crippen LogP contribution in [0.15, 0.2) is 12.4 Å². The van der Waals surface area contributed by atoms with E-state index in [4.69, 9.17) is 5.73 Å². The molecule has 1 fully saturated rings. The Labute approximate surface area is 104 Å². The third-order valence-corrected chi connectivity index (χ3v) is 3.69. The number of rotatable bonds is 4. The van der Waals surface area contributed by atoms with Gasteiger partial charge in [0, 0.05) is 25.3 Å². The molecule has 2 N–H and O–H groups in total. The van der Waals surface area contributed by atoms with Gasteiger partial charge in [0.2, 0.25) is 0 Å². The summed E-state index contributed by atoms with van der Waals surface area (Å²) >= 11 is 0. The van der Waals surface area contributed by atoms with E-state index in [1.807, 2.05) is 10.9 Å². The van der Waals surface area contributed by atoms with Crippen LogP contribution >= 0.6 is 0 Å². The highest BCUT2D eigenvalue weighted by Crippen LogP contribution is 2.18. The summed E-state index contributed by atoms with van der Waals surface area (Å²) in [6.07, 6.45) is 6.59. The number of aromatic nitrogens is 2. The summed E-state index contributed by atoms with van der Waals surface area (Å²) in [4.78, 5) is 2.52. The van der Waals surface area contributed by atoms with Gasteiger partial charge in [-0.3, -0.25) is 4.68 Å². The summed E-state index contributed by atoms with van der Waals surface area (Å²) in [5.74, 6) is 0.670. The molecule has 0 aromatic carbocycles. The maximum Gasteiger partial charge on any atom is 0.0536 e. The Balaban J connectivity index is 1.79. The molecule has 0 radical (unpaired) electrons. The van der Waals surface area contributed by atoms with Gasteiger partial charge in [0.15, 0.2) is 0 Å². The van der Waals surface area contributed by atoms with Crippen LogP contribution in [0.25, 0.3) is 0 Å². The van der Waals surface area contributed by atoms with Crippen LogP contribution in [0.1, 0.15) is 25.3 Å². The maximum atomic E-state index is 6.00. The van der Waals surface area contributed by atoms with Crippen molar-refractivity contribution in [1.82, 2.24) is 14.7 Å². The first-order chi connectivity index (χ1) is 8.15. The van der Waals surface area contributed by atoms with E-state index in [0.717, 1.165) is 19.6 Å². The number of likely N-dealkylation sites (tertiary alicyclic amines) is 1. The van der Waals surface area contributed by atoms with E-state index < -0.39 is 0 Å². The first kappa shape index (κ1) is 12.6. The minimum absolute atomic E-state index is 0.324. The lowest BCUT2D eigenvalue weighted by Gasteiger charge is -2.34. The third kappa shape index (κ3) is 3.54. The maximum absolute atomic E-state index is 6.00. The molecular weight excluding hydrogens is 212 g/mol. The second-order valence-corrected chi connectivity index (χ2v) is 5.34. The number of nitrogens with two attached hydrogens (primary N) is 1. The smallest absolute Gasteiger partial charge is 0.0536 e. The van der Waals surface area contributed by atoms with Gasteiger partial charge in [-0.25, -0.2) is 0 Å². The molecule has 1 saturated heterocycles. The van der Waals surface area contributed by atoms with Crippen LogP contribution in [0.3, 0.4) is 0 Å². The number of nitrogens with zero attached hydrogens (tertiary/aromatic N) is 3. The molecular formula is C13H24N4. The van der Waals surface area contributed by atoms with Crippen LogP contribution in [0.2, 0.25) is 0 Å². The zero-order valence-corrected chi connectivity index (χ0v) is 11.0. The van der Waals surface area contributed by atoms with E-state index >= 15 is 0 Å². The standard InChI is InChI=1S/C13H24N4/c1-11-8-15-17(9-11)7-6-16-5-3-4-13(10-16)12(2)14/h8-9,12-13H,3-7,10,14H2,1-2H3. The van der Waals surface area contributed by atoms with Gasteiger partial charge in [0.25, 0.3) is 0 Å². The number of aryl methyl sites for hydroxylation is 1. The van der Waals surface area contributed by atoms with Gasteiger partial charge >= 0.3 is 0 Å². The van der Waals surface area contributed by atoms with Crippen molar-refractivity contribution in [2.24, 2.45) is 11.7 Å². The second kappa shape index (κ2) is 5.65. The van der Waals surface area contributed by atoms with Crippen LogP contribution in [-0.4, -0.2) is 40.4 Å². The van der Waals surface area contributed by atoms with Crippen molar-refractivity contribution in [3.8, 4) is 0 Å². The van der Waals surface area contributed by atoms with Crippen molar-refractivity contribution in [1.29, 1.82) is 0 Å². The van der Waals surface area contributed by atoms with Crippen LogP contribution in [0, 0.1) is 12.8 Å². The van der Waals surface area contributed by atoms with Crippen LogP contribution in [0.4, 0.5) is 0 Å². The number of hydrogen-bond acceptors (Lipinski definition) is 3. The number of piperidine rings is 1. The average molecular weight is 236 g/mol. The minimum Gasteiger partial charge on any atom is -0.328 e. The highest BCUT2D eigenvalue weighted by Gasteiger charge is 2.22. The van der Waals surface area contributed by atoms with Crippen LogP contribution < -0.4 is 5.73 Å². The molecule has 0 aliphatic carbocycles. The predicted molar refractivity (Wildman–Crippen MR) is 69.8 cm³/mol. The summed E-state index contributed by atoms with van der Waals surface area (Å²) in [6, 6.07) is 0.324. The summed E-state index contributed by atoms with van der Waals surface area (Å²) < 4.78 is 2.03. The Morgan fingerprint density at radius 3 is 3.00 bits per heavy atom. The molecule has 1 aliphatic rings. The Morgan fingerprint density at radius 1 is 1.53 bits per heavy atom. The van der Waals surface area contributed by atoms with Crippen molar-refractivity contribution in [3.63, 3.8) is 0 Å². The van der Waals surface area contributed by atoms with E-state index in [9.17, 15) is 0 Å². The molecule has 2 heterocycles. The zero-order valence-electron chi connectivity index (χ0n) is 11.0. The fourth-order valence-electron chi connectivity index (χ4n) is 2.56. The van der Waals surface area contributed by atoms with Crippen molar-refractivity contribution < 1.29 is 0 Å². The molecule has 1 aromatic rings. The lowest BCUT2D eigenvalue weighted by atomic mass is 9.92. The van der Waals surface area contributed by atoms with Gasteiger partial charge < -0.3 is 10.6 Å². The van der Waals surface area contributed by atoms with Crippen LogP contribution in [0.5, 0.6) is 0 Å². The molecule has 2 unspecified atom stereocenters. The van der Waals surface area contributed by atoms with Gasteiger partial charge in [-0.2, -0.15) is 5.10 Å². The van der Waals surface area contributed by atoms with Gasteiger partial charge in [-0.1, -0.05) is 0 Å². The molecule has 0 spiro atoms. The van der Waals surface area contributed by atoms with E-state index in [-0.39, 0.29) is 0 Å². The fourth-order valence-corrected chi connectivity index (χ4v) is 2.56.